The smallest absolute Gasteiger partial charge is 0.285 e. The Morgan fingerprint density at radius 3 is 2.45 bits per heavy atom. The Kier molecular flexibility index (Phi) is 7.40. The third kappa shape index (κ3) is 5.94. The zero-order valence-electron chi connectivity index (χ0n) is 19.0. The Labute approximate surface area is 199 Å². The number of nitrogens with zero attached hydrogens (tertiary/aromatic N) is 1. The van der Waals surface area contributed by atoms with Crippen molar-refractivity contribution in [1.82, 2.24) is 5.32 Å². The van der Waals surface area contributed by atoms with Gasteiger partial charge in [-0.2, -0.15) is 4.99 Å². The molecule has 7 nitrogen and oxygen atoms in total. The first kappa shape index (κ1) is 24.2. The Balaban J connectivity index is 1.52. The van der Waals surface area contributed by atoms with Gasteiger partial charge in [-0.15, -0.1) is 0 Å². The van der Waals surface area contributed by atoms with Gasteiger partial charge in [0.25, 0.3) is 5.91 Å². The molecule has 2 heterocycles. The number of hydrogen-bond donors (Lipinski definition) is 1. The Morgan fingerprint density at radius 2 is 1.85 bits per heavy atom. The van der Waals surface area contributed by atoms with Crippen molar-refractivity contribution in [3.05, 3.63) is 40.8 Å². The third-order valence-corrected chi connectivity index (χ3v) is 9.33. The lowest BCUT2D eigenvalue weighted by Crippen LogP contribution is -2.34. The molecule has 1 N–H and O–H groups in total. The van der Waals surface area contributed by atoms with Gasteiger partial charge in [0.05, 0.1) is 21.0 Å². The van der Waals surface area contributed by atoms with E-state index in [4.69, 9.17) is 4.74 Å². The molecule has 2 aliphatic heterocycles. The molecule has 9 heteroatoms. The lowest BCUT2D eigenvalue weighted by molar-refractivity contribution is -0.121. The number of allylic oxidation sites excluding steroid dienone is 1. The summed E-state index contributed by atoms with van der Waals surface area (Å²) >= 11 is 1.18. The van der Waals surface area contributed by atoms with Crippen molar-refractivity contribution in [1.29, 1.82) is 0 Å². The molecular weight excluding hydrogens is 460 g/mol. The van der Waals surface area contributed by atoms with Crippen molar-refractivity contribution in [2.75, 3.05) is 13.2 Å². The predicted octanol–water partition coefficient (Wildman–Crippen LogP) is 3.81. The van der Waals surface area contributed by atoms with Crippen LogP contribution in [-0.2, 0) is 24.2 Å². The molecule has 0 aromatic heterocycles. The predicted molar refractivity (Wildman–Crippen MR) is 129 cm³/mol. The highest BCUT2D eigenvalue weighted by atomic mass is 32.2. The summed E-state index contributed by atoms with van der Waals surface area (Å²) in [7, 11) is -3.28. The van der Waals surface area contributed by atoms with Crippen molar-refractivity contribution >= 4 is 38.6 Å². The second-order valence-corrected chi connectivity index (χ2v) is 12.5. The van der Waals surface area contributed by atoms with Gasteiger partial charge >= 0.3 is 0 Å². The highest BCUT2D eigenvalue weighted by Gasteiger charge is 2.37. The van der Waals surface area contributed by atoms with Gasteiger partial charge in [-0.1, -0.05) is 32.1 Å². The Bertz CT molecular complexity index is 1070. The number of carbonyl (C=O) groups excluding carboxylic acids is 2. The maximum atomic E-state index is 13.3. The van der Waals surface area contributed by atoms with Crippen LogP contribution in [-0.4, -0.2) is 43.9 Å². The van der Waals surface area contributed by atoms with E-state index < -0.39 is 15.8 Å². The number of amides is 2. The molecule has 1 saturated heterocycles. The molecule has 2 amide bonds. The van der Waals surface area contributed by atoms with E-state index >= 15 is 0 Å². The number of aliphatic imine (C=N–C) groups is 1. The quantitative estimate of drug-likeness (QED) is 0.583. The summed E-state index contributed by atoms with van der Waals surface area (Å²) in [6.07, 6.45) is 5.66. The normalized spacial score (nSPS) is 22.0. The number of carbonyl (C=O) groups is 2. The summed E-state index contributed by atoms with van der Waals surface area (Å²) in [5.74, 6) is -0.500. The molecule has 178 valence electrons. The van der Waals surface area contributed by atoms with E-state index in [1.165, 1.54) is 11.8 Å². The molecule has 1 aromatic rings. The number of hydrogen-bond acceptors (Lipinski definition) is 6. The van der Waals surface area contributed by atoms with Crippen LogP contribution in [0.15, 0.2) is 45.1 Å². The molecule has 0 radical (unpaired) electrons. The third-order valence-electron chi connectivity index (χ3n) is 6.14. The number of rotatable bonds is 7. The molecule has 4 rings (SSSR count). The topological polar surface area (TPSA) is 102 Å². The summed E-state index contributed by atoms with van der Waals surface area (Å²) in [5.41, 5.74) is 0.765. The molecule has 1 atom stereocenters. The number of benzene rings is 1. The van der Waals surface area contributed by atoms with Crippen LogP contribution in [0.5, 0.6) is 0 Å². The Morgan fingerprint density at radius 1 is 1.18 bits per heavy atom. The summed E-state index contributed by atoms with van der Waals surface area (Å²) < 4.78 is 30.5. The lowest BCUT2D eigenvalue weighted by atomic mass is 9.84. The van der Waals surface area contributed by atoms with E-state index in [9.17, 15) is 18.0 Å². The SMILES string of the molecule is CC(C)/C=C1\SC(NC(=O)C(CC2CCOCC2)c2ccc(S(=O)(=O)C3CC3)cc2)=NC1=O. The molecule has 1 unspecified atom stereocenters. The summed E-state index contributed by atoms with van der Waals surface area (Å²) in [6, 6.07) is 6.72. The lowest BCUT2D eigenvalue weighted by Gasteiger charge is -2.26. The van der Waals surface area contributed by atoms with Crippen LogP contribution in [0.2, 0.25) is 0 Å². The van der Waals surface area contributed by atoms with Gasteiger partial charge in [0.2, 0.25) is 5.91 Å². The molecule has 0 spiro atoms. The summed E-state index contributed by atoms with van der Waals surface area (Å²) in [5, 5.41) is 2.86. The van der Waals surface area contributed by atoms with Crippen molar-refractivity contribution in [3.8, 4) is 0 Å². The van der Waals surface area contributed by atoms with Crippen molar-refractivity contribution in [3.63, 3.8) is 0 Å². The second-order valence-electron chi connectivity index (χ2n) is 9.25. The van der Waals surface area contributed by atoms with Crippen LogP contribution in [0, 0.1) is 11.8 Å². The molecular formula is C24H30N2O5S2. The largest absolute Gasteiger partial charge is 0.381 e. The molecule has 0 bridgehead atoms. The first-order valence-corrected chi connectivity index (χ1v) is 13.9. The van der Waals surface area contributed by atoms with Gasteiger partial charge < -0.3 is 10.1 Å². The van der Waals surface area contributed by atoms with Gasteiger partial charge in [-0.3, -0.25) is 9.59 Å². The maximum Gasteiger partial charge on any atom is 0.285 e. The molecule has 1 saturated carbocycles. The number of nitrogens with one attached hydrogen (secondary N) is 1. The fraction of sp³-hybridized carbons (Fsp3) is 0.542. The maximum absolute atomic E-state index is 13.3. The van der Waals surface area contributed by atoms with Crippen LogP contribution in [0.25, 0.3) is 0 Å². The molecule has 33 heavy (non-hydrogen) atoms. The highest BCUT2D eigenvalue weighted by Crippen LogP contribution is 2.35. The van der Waals surface area contributed by atoms with Crippen molar-refractivity contribution in [2.45, 2.75) is 62.0 Å². The minimum atomic E-state index is -3.28. The number of thioether (sulfide) groups is 1. The van der Waals surface area contributed by atoms with Crippen LogP contribution in [0.1, 0.15) is 57.4 Å². The second kappa shape index (κ2) is 10.1. The number of sulfone groups is 1. The van der Waals surface area contributed by atoms with Gasteiger partial charge in [0, 0.05) is 13.2 Å². The van der Waals surface area contributed by atoms with Crippen LogP contribution in [0.4, 0.5) is 0 Å². The van der Waals surface area contributed by atoms with Crippen LogP contribution < -0.4 is 5.32 Å². The zero-order valence-corrected chi connectivity index (χ0v) is 20.6. The molecule has 1 aromatic carbocycles. The summed E-state index contributed by atoms with van der Waals surface area (Å²) in [6.45, 7) is 5.32. The molecule has 2 fully saturated rings. The fourth-order valence-electron chi connectivity index (χ4n) is 4.14. The van der Waals surface area contributed by atoms with Crippen molar-refractivity contribution in [2.24, 2.45) is 16.8 Å². The van der Waals surface area contributed by atoms with E-state index in [0.29, 0.717) is 53.4 Å². The fourth-order valence-corrected chi connectivity index (χ4v) is 6.76. The first-order valence-electron chi connectivity index (χ1n) is 11.5. The average Bonchev–Trinajstić information content (AvgIpc) is 3.59. The average molecular weight is 491 g/mol. The highest BCUT2D eigenvalue weighted by molar-refractivity contribution is 8.18. The Hall–Kier alpha value is -1.97. The molecule has 3 aliphatic rings. The minimum Gasteiger partial charge on any atom is -0.381 e. The molecule has 1 aliphatic carbocycles. The van der Waals surface area contributed by atoms with E-state index in [1.54, 1.807) is 24.3 Å². The van der Waals surface area contributed by atoms with E-state index in [0.717, 1.165) is 18.4 Å². The van der Waals surface area contributed by atoms with Gasteiger partial charge in [-0.05, 0) is 73.4 Å². The zero-order chi connectivity index (χ0) is 23.6. The van der Waals surface area contributed by atoms with E-state index in [-0.39, 0.29) is 23.0 Å². The monoisotopic (exact) mass is 490 g/mol. The van der Waals surface area contributed by atoms with E-state index in [1.807, 2.05) is 19.9 Å². The number of ether oxygens (including phenoxy) is 1. The van der Waals surface area contributed by atoms with Gasteiger partial charge in [0.1, 0.15) is 0 Å². The minimum absolute atomic E-state index is 0.202. The van der Waals surface area contributed by atoms with Gasteiger partial charge in [-0.25, -0.2) is 8.42 Å². The van der Waals surface area contributed by atoms with Crippen molar-refractivity contribution < 1.29 is 22.7 Å². The summed E-state index contributed by atoms with van der Waals surface area (Å²) in [4.78, 5) is 30.3. The standard InChI is InChI=1S/C24H30N2O5S2/c1-15(2)13-21-23(28)26-24(32-21)25-22(27)20(14-16-9-11-31-12-10-16)17-3-5-18(6-4-17)33(29,30)19-7-8-19/h3-6,13,15-16,19-20H,7-12,14H2,1-2H3,(H,25,26,27,28)/b21-13-. The van der Waals surface area contributed by atoms with E-state index in [2.05, 4.69) is 10.3 Å². The first-order chi connectivity index (χ1) is 15.7. The van der Waals surface area contributed by atoms with Crippen LogP contribution >= 0.6 is 11.8 Å². The number of amidine groups is 1. The van der Waals surface area contributed by atoms with Crippen LogP contribution in [0.3, 0.4) is 0 Å². The van der Waals surface area contributed by atoms with Gasteiger partial charge in [0.15, 0.2) is 15.0 Å².